The molecule has 1 aliphatic rings. The van der Waals surface area contributed by atoms with Gasteiger partial charge in [0.15, 0.2) is 0 Å². The Kier molecular flexibility index (Phi) is 4.76. The summed E-state index contributed by atoms with van der Waals surface area (Å²) in [6, 6.07) is 18.6. The third-order valence-corrected chi connectivity index (χ3v) is 4.46. The zero-order valence-electron chi connectivity index (χ0n) is 12.9. The lowest BCUT2D eigenvalue weighted by Crippen LogP contribution is -2.48. The topological polar surface area (TPSA) is 41.5 Å². The molecule has 2 aromatic carbocycles. The van der Waals surface area contributed by atoms with Crippen molar-refractivity contribution in [3.05, 3.63) is 65.7 Å². The Labute approximate surface area is 131 Å². The summed E-state index contributed by atoms with van der Waals surface area (Å²) in [5.41, 5.74) is 2.43. The molecule has 0 unspecified atom stereocenters. The quantitative estimate of drug-likeness (QED) is 0.911. The van der Waals surface area contributed by atoms with Crippen LogP contribution in [0.3, 0.4) is 0 Å². The van der Waals surface area contributed by atoms with Crippen molar-refractivity contribution in [3.63, 3.8) is 0 Å². The van der Waals surface area contributed by atoms with Crippen LogP contribution >= 0.6 is 0 Å². The first-order valence-electron chi connectivity index (χ1n) is 7.90. The highest BCUT2D eigenvalue weighted by Gasteiger charge is 2.32. The standard InChI is InChI=1S/C19H23NO2/c1-22-16-11-9-15(10-12-16)18(14-6-3-2-4-7-14)19-17(21)8-5-13-20-19/h2-4,6-7,9-12,17-21H,5,8,13H2,1H3/t17-,18+,19-/m1/s1. The molecule has 0 spiro atoms. The fourth-order valence-electron chi connectivity index (χ4n) is 3.31. The maximum absolute atomic E-state index is 10.5. The van der Waals surface area contributed by atoms with Crippen molar-refractivity contribution >= 4 is 0 Å². The smallest absolute Gasteiger partial charge is 0.118 e. The molecule has 0 bridgehead atoms. The lowest BCUT2D eigenvalue weighted by atomic mass is 9.80. The van der Waals surface area contributed by atoms with Crippen molar-refractivity contribution in [2.24, 2.45) is 0 Å². The first-order chi connectivity index (χ1) is 10.8. The van der Waals surface area contributed by atoms with E-state index in [1.54, 1.807) is 7.11 Å². The first-order valence-corrected chi connectivity index (χ1v) is 7.90. The number of ether oxygens (including phenoxy) is 1. The highest BCUT2D eigenvalue weighted by molar-refractivity contribution is 5.38. The van der Waals surface area contributed by atoms with Crippen molar-refractivity contribution in [2.45, 2.75) is 30.9 Å². The molecular formula is C19H23NO2. The van der Waals surface area contributed by atoms with E-state index in [2.05, 4.69) is 41.7 Å². The molecule has 0 aromatic heterocycles. The van der Waals surface area contributed by atoms with Crippen LogP contribution in [0.5, 0.6) is 5.75 Å². The fourth-order valence-corrected chi connectivity index (χ4v) is 3.31. The molecule has 22 heavy (non-hydrogen) atoms. The number of aliphatic hydroxyl groups excluding tert-OH is 1. The second-order valence-electron chi connectivity index (χ2n) is 5.85. The second-order valence-corrected chi connectivity index (χ2v) is 5.85. The van der Waals surface area contributed by atoms with Crippen LogP contribution in [-0.2, 0) is 0 Å². The Morgan fingerprint density at radius 2 is 1.73 bits per heavy atom. The van der Waals surface area contributed by atoms with Crippen LogP contribution in [0.25, 0.3) is 0 Å². The fraction of sp³-hybridized carbons (Fsp3) is 0.368. The average Bonchev–Trinajstić information content (AvgIpc) is 2.58. The minimum absolute atomic E-state index is 0.0459. The summed E-state index contributed by atoms with van der Waals surface area (Å²) in [6.45, 7) is 0.960. The maximum Gasteiger partial charge on any atom is 0.118 e. The molecule has 3 heteroatoms. The highest BCUT2D eigenvalue weighted by atomic mass is 16.5. The monoisotopic (exact) mass is 297 g/mol. The Balaban J connectivity index is 1.98. The number of benzene rings is 2. The molecule has 1 aliphatic heterocycles. The zero-order valence-corrected chi connectivity index (χ0v) is 12.9. The second kappa shape index (κ2) is 6.95. The van der Waals surface area contributed by atoms with Gasteiger partial charge in [0.2, 0.25) is 0 Å². The largest absolute Gasteiger partial charge is 0.497 e. The van der Waals surface area contributed by atoms with Crippen molar-refractivity contribution < 1.29 is 9.84 Å². The predicted molar refractivity (Wildman–Crippen MR) is 88.3 cm³/mol. The summed E-state index contributed by atoms with van der Waals surface area (Å²) in [7, 11) is 1.68. The summed E-state index contributed by atoms with van der Waals surface area (Å²) < 4.78 is 5.26. The van der Waals surface area contributed by atoms with Crippen molar-refractivity contribution in [1.82, 2.24) is 5.32 Å². The molecule has 0 aliphatic carbocycles. The van der Waals surface area contributed by atoms with Gasteiger partial charge in [0.1, 0.15) is 5.75 Å². The van der Waals surface area contributed by atoms with Crippen molar-refractivity contribution in [2.75, 3.05) is 13.7 Å². The Morgan fingerprint density at radius 1 is 1.05 bits per heavy atom. The van der Waals surface area contributed by atoms with Gasteiger partial charge < -0.3 is 15.2 Å². The molecular weight excluding hydrogens is 274 g/mol. The Hall–Kier alpha value is -1.84. The average molecular weight is 297 g/mol. The van der Waals surface area contributed by atoms with Crippen LogP contribution in [0.1, 0.15) is 29.9 Å². The van der Waals surface area contributed by atoms with Crippen LogP contribution in [0.2, 0.25) is 0 Å². The van der Waals surface area contributed by atoms with E-state index >= 15 is 0 Å². The molecule has 2 N–H and O–H groups in total. The van der Waals surface area contributed by atoms with E-state index in [-0.39, 0.29) is 18.1 Å². The molecule has 0 radical (unpaired) electrons. The van der Waals surface area contributed by atoms with E-state index in [1.807, 2.05) is 18.2 Å². The molecule has 116 valence electrons. The van der Waals surface area contributed by atoms with Gasteiger partial charge in [-0.15, -0.1) is 0 Å². The third kappa shape index (κ3) is 3.16. The van der Waals surface area contributed by atoms with Gasteiger partial charge in [0.25, 0.3) is 0 Å². The molecule has 1 fully saturated rings. The SMILES string of the molecule is COc1ccc([C@H](c2ccccc2)[C@@H]2NCCC[C@H]2O)cc1. The Morgan fingerprint density at radius 3 is 2.36 bits per heavy atom. The van der Waals surface area contributed by atoms with Gasteiger partial charge in [-0.05, 0) is 42.6 Å². The van der Waals surface area contributed by atoms with E-state index in [1.165, 1.54) is 11.1 Å². The van der Waals surface area contributed by atoms with Crippen LogP contribution in [0.4, 0.5) is 0 Å². The van der Waals surface area contributed by atoms with Crippen LogP contribution in [0, 0.1) is 0 Å². The van der Waals surface area contributed by atoms with Gasteiger partial charge >= 0.3 is 0 Å². The van der Waals surface area contributed by atoms with Crippen LogP contribution < -0.4 is 10.1 Å². The van der Waals surface area contributed by atoms with Gasteiger partial charge in [-0.2, -0.15) is 0 Å². The summed E-state index contributed by atoms with van der Waals surface area (Å²) >= 11 is 0. The van der Waals surface area contributed by atoms with Gasteiger partial charge in [0.05, 0.1) is 13.2 Å². The lowest BCUT2D eigenvalue weighted by Gasteiger charge is -2.36. The molecule has 1 saturated heterocycles. The molecule has 3 rings (SSSR count). The summed E-state index contributed by atoms with van der Waals surface area (Å²) in [5.74, 6) is 0.995. The predicted octanol–water partition coefficient (Wildman–Crippen LogP) is 2.94. The van der Waals surface area contributed by atoms with Gasteiger partial charge in [-0.25, -0.2) is 0 Å². The Bertz CT molecular complexity index is 582. The maximum atomic E-state index is 10.5. The molecule has 0 saturated carbocycles. The normalized spacial score (nSPS) is 23.0. The van der Waals surface area contributed by atoms with Gasteiger partial charge in [-0.1, -0.05) is 42.5 Å². The lowest BCUT2D eigenvalue weighted by molar-refractivity contribution is 0.0890. The number of piperidine rings is 1. The van der Waals surface area contributed by atoms with E-state index in [0.29, 0.717) is 0 Å². The zero-order chi connectivity index (χ0) is 15.4. The molecule has 0 amide bonds. The van der Waals surface area contributed by atoms with Gasteiger partial charge in [-0.3, -0.25) is 0 Å². The summed E-state index contributed by atoms with van der Waals surface area (Å²) in [5, 5.41) is 14.0. The van der Waals surface area contributed by atoms with Crippen molar-refractivity contribution in [1.29, 1.82) is 0 Å². The highest BCUT2D eigenvalue weighted by Crippen LogP contribution is 2.32. The number of hydrogen-bond donors (Lipinski definition) is 2. The summed E-state index contributed by atoms with van der Waals surface area (Å²) in [6.07, 6.45) is 1.57. The summed E-state index contributed by atoms with van der Waals surface area (Å²) in [4.78, 5) is 0. The van der Waals surface area contributed by atoms with Crippen LogP contribution in [-0.4, -0.2) is 30.9 Å². The molecule has 3 nitrogen and oxygen atoms in total. The number of aliphatic hydroxyl groups is 1. The number of rotatable bonds is 4. The third-order valence-electron chi connectivity index (χ3n) is 4.46. The molecule has 1 heterocycles. The minimum Gasteiger partial charge on any atom is -0.497 e. The molecule has 2 aromatic rings. The first kappa shape index (κ1) is 15.1. The van der Waals surface area contributed by atoms with Gasteiger partial charge in [0, 0.05) is 12.0 Å². The number of nitrogens with one attached hydrogen (secondary N) is 1. The number of methoxy groups -OCH3 is 1. The van der Waals surface area contributed by atoms with Crippen LogP contribution in [0.15, 0.2) is 54.6 Å². The molecule has 3 atom stereocenters. The minimum atomic E-state index is -0.318. The van der Waals surface area contributed by atoms with E-state index in [9.17, 15) is 5.11 Å². The van der Waals surface area contributed by atoms with Crippen molar-refractivity contribution in [3.8, 4) is 5.75 Å². The van der Waals surface area contributed by atoms with E-state index < -0.39 is 0 Å². The number of hydrogen-bond acceptors (Lipinski definition) is 3. The van der Waals surface area contributed by atoms with E-state index in [4.69, 9.17) is 4.74 Å². The van der Waals surface area contributed by atoms with E-state index in [0.717, 1.165) is 25.1 Å².